The first kappa shape index (κ1) is 22.7. The number of nitrogens with zero attached hydrogens (tertiary/aromatic N) is 3. The lowest BCUT2D eigenvalue weighted by molar-refractivity contribution is -0.136. The summed E-state index contributed by atoms with van der Waals surface area (Å²) >= 11 is 1.35. The highest BCUT2D eigenvalue weighted by atomic mass is 32.2. The van der Waals surface area contributed by atoms with Gasteiger partial charge < -0.3 is 15.0 Å². The Labute approximate surface area is 195 Å². The van der Waals surface area contributed by atoms with Crippen molar-refractivity contribution in [3.05, 3.63) is 88.1 Å². The van der Waals surface area contributed by atoms with E-state index >= 15 is 0 Å². The summed E-state index contributed by atoms with van der Waals surface area (Å²) in [7, 11) is 1.29. The molecule has 4 rings (SSSR count). The molecule has 1 atom stereocenters. The quantitative estimate of drug-likeness (QED) is 0.620. The van der Waals surface area contributed by atoms with Crippen molar-refractivity contribution in [2.45, 2.75) is 32.4 Å². The predicted octanol–water partition coefficient (Wildman–Crippen LogP) is 4.07. The van der Waals surface area contributed by atoms with Gasteiger partial charge in [-0.1, -0.05) is 43.0 Å². The number of aliphatic imine (C=N–C) groups is 1. The molecule has 7 nitrogen and oxygen atoms in total. The number of amides is 1. The molecule has 2 aliphatic heterocycles. The normalized spacial score (nSPS) is 17.3. The van der Waals surface area contributed by atoms with Gasteiger partial charge in [-0.2, -0.15) is 0 Å². The van der Waals surface area contributed by atoms with E-state index in [0.717, 1.165) is 5.69 Å². The van der Waals surface area contributed by atoms with Crippen LogP contribution in [0.4, 0.5) is 4.39 Å². The smallest absolute Gasteiger partial charge is 0.338 e. The van der Waals surface area contributed by atoms with Gasteiger partial charge in [0.05, 0.1) is 43.1 Å². The summed E-state index contributed by atoms with van der Waals surface area (Å²) in [5, 5.41) is 5.27. The topological polar surface area (TPSA) is 83.9 Å². The van der Waals surface area contributed by atoms with Gasteiger partial charge in [-0.3, -0.25) is 9.78 Å². The number of carbonyl (C=O) groups is 2. The van der Waals surface area contributed by atoms with Gasteiger partial charge in [0, 0.05) is 17.5 Å². The molecule has 2 aromatic rings. The third-order valence-electron chi connectivity index (χ3n) is 5.36. The second-order valence-electron chi connectivity index (χ2n) is 7.40. The number of rotatable bonds is 7. The maximum Gasteiger partial charge on any atom is 0.338 e. The van der Waals surface area contributed by atoms with Crippen molar-refractivity contribution in [3.8, 4) is 0 Å². The molecule has 9 heteroatoms. The van der Waals surface area contributed by atoms with Crippen molar-refractivity contribution in [1.29, 1.82) is 0 Å². The van der Waals surface area contributed by atoms with Gasteiger partial charge in [-0.05, 0) is 30.0 Å². The monoisotopic (exact) mass is 466 g/mol. The van der Waals surface area contributed by atoms with Gasteiger partial charge in [0.2, 0.25) is 5.91 Å². The largest absolute Gasteiger partial charge is 0.466 e. The average molecular weight is 467 g/mol. The van der Waals surface area contributed by atoms with E-state index in [2.05, 4.69) is 15.3 Å². The number of amidine groups is 1. The number of fused-ring (bicyclic) bond motifs is 1. The highest BCUT2D eigenvalue weighted by Gasteiger charge is 2.42. The molecular weight excluding hydrogens is 443 g/mol. The fraction of sp³-hybridized carbons (Fsp3) is 0.250. The standard InChI is InChI=1S/C24H23FN4O3S/c1-3-19-21(23(31)32-2)22(17-9-4-5-10-18(17)25)29-16(14-33-24(29)28-19)12-20(30)27-13-15-8-6-7-11-26-15/h4-11,14,22H,3,12-13H2,1-2H3,(H,27,30)/t22-/m0/s1. The molecule has 0 fully saturated rings. The molecule has 0 spiro atoms. The second-order valence-corrected chi connectivity index (χ2v) is 8.23. The minimum Gasteiger partial charge on any atom is -0.466 e. The number of halogens is 1. The Kier molecular flexibility index (Phi) is 6.88. The first-order chi connectivity index (χ1) is 16.0. The van der Waals surface area contributed by atoms with Crippen LogP contribution in [0.15, 0.2) is 76.0 Å². The minimum absolute atomic E-state index is 0.0414. The Morgan fingerprint density at radius 1 is 1.21 bits per heavy atom. The Bertz CT molecular complexity index is 1160. The third-order valence-corrected chi connectivity index (χ3v) is 6.25. The third kappa shape index (κ3) is 4.68. The predicted molar refractivity (Wildman–Crippen MR) is 124 cm³/mol. The van der Waals surface area contributed by atoms with Gasteiger partial charge in [0.1, 0.15) is 5.82 Å². The van der Waals surface area contributed by atoms with E-state index in [9.17, 15) is 14.0 Å². The van der Waals surface area contributed by atoms with Crippen molar-refractivity contribution in [1.82, 2.24) is 15.2 Å². The van der Waals surface area contributed by atoms with Gasteiger partial charge in [0.15, 0.2) is 5.17 Å². The molecule has 0 bridgehead atoms. The van der Waals surface area contributed by atoms with Crippen molar-refractivity contribution < 1.29 is 18.7 Å². The van der Waals surface area contributed by atoms with Crippen LogP contribution in [0.25, 0.3) is 0 Å². The fourth-order valence-electron chi connectivity index (χ4n) is 3.82. The Balaban J connectivity index is 1.65. The summed E-state index contributed by atoms with van der Waals surface area (Å²) in [5.74, 6) is -1.24. The number of thioether (sulfide) groups is 1. The van der Waals surface area contributed by atoms with Crippen molar-refractivity contribution in [2.75, 3.05) is 7.11 Å². The van der Waals surface area contributed by atoms with Crippen LogP contribution in [0.5, 0.6) is 0 Å². The van der Waals surface area contributed by atoms with E-state index in [-0.39, 0.29) is 17.9 Å². The molecule has 0 saturated carbocycles. The summed E-state index contributed by atoms with van der Waals surface area (Å²) in [6.45, 7) is 2.18. The maximum atomic E-state index is 14.9. The number of nitrogens with one attached hydrogen (secondary N) is 1. The molecule has 1 aromatic carbocycles. The zero-order valence-electron chi connectivity index (χ0n) is 18.2. The number of benzene rings is 1. The van der Waals surface area contributed by atoms with Crippen LogP contribution in [0.2, 0.25) is 0 Å². The molecular formula is C24H23FN4O3S. The highest BCUT2D eigenvalue weighted by molar-refractivity contribution is 8.16. The van der Waals surface area contributed by atoms with Gasteiger partial charge >= 0.3 is 5.97 Å². The van der Waals surface area contributed by atoms with Gasteiger partial charge in [0.25, 0.3) is 0 Å². The van der Waals surface area contributed by atoms with E-state index in [1.54, 1.807) is 29.3 Å². The Morgan fingerprint density at radius 2 is 2.00 bits per heavy atom. The molecule has 0 unspecified atom stereocenters. The highest BCUT2D eigenvalue weighted by Crippen LogP contribution is 2.45. The number of hydrogen-bond donors (Lipinski definition) is 1. The first-order valence-electron chi connectivity index (χ1n) is 10.5. The van der Waals surface area contributed by atoms with E-state index < -0.39 is 17.8 Å². The van der Waals surface area contributed by atoms with Crippen molar-refractivity contribution in [3.63, 3.8) is 0 Å². The summed E-state index contributed by atoms with van der Waals surface area (Å²) in [4.78, 5) is 36.1. The van der Waals surface area contributed by atoms with Crippen LogP contribution in [0.3, 0.4) is 0 Å². The van der Waals surface area contributed by atoms with E-state index in [4.69, 9.17) is 4.74 Å². The molecule has 0 radical (unpaired) electrons. The number of ether oxygens (including phenoxy) is 1. The molecule has 1 aromatic heterocycles. The zero-order chi connectivity index (χ0) is 23.4. The molecule has 2 aliphatic rings. The number of carbonyl (C=O) groups excluding carboxylic acids is 2. The number of allylic oxidation sites excluding steroid dienone is 1. The first-order valence-corrected chi connectivity index (χ1v) is 11.4. The lowest BCUT2D eigenvalue weighted by Crippen LogP contribution is -2.38. The van der Waals surface area contributed by atoms with Crippen LogP contribution in [-0.4, -0.2) is 34.0 Å². The minimum atomic E-state index is -0.786. The van der Waals surface area contributed by atoms with E-state index in [1.165, 1.54) is 24.9 Å². The molecule has 0 aliphatic carbocycles. The number of pyridine rings is 1. The SMILES string of the molecule is CCC1=C(C(=O)OC)[C@H](c2ccccc2F)N2C(CC(=O)NCc3ccccn3)=CSC2=N1. The molecule has 1 amide bonds. The van der Waals surface area contributed by atoms with E-state index in [1.807, 2.05) is 30.5 Å². The molecule has 3 heterocycles. The van der Waals surface area contributed by atoms with Gasteiger partial charge in [-0.15, -0.1) is 0 Å². The lowest BCUT2D eigenvalue weighted by atomic mass is 9.92. The molecule has 33 heavy (non-hydrogen) atoms. The zero-order valence-corrected chi connectivity index (χ0v) is 19.1. The van der Waals surface area contributed by atoms with Crippen LogP contribution in [-0.2, 0) is 20.9 Å². The molecule has 1 N–H and O–H groups in total. The summed E-state index contributed by atoms with van der Waals surface area (Å²) < 4.78 is 20.0. The van der Waals surface area contributed by atoms with Crippen molar-refractivity contribution in [2.24, 2.45) is 4.99 Å². The van der Waals surface area contributed by atoms with Crippen LogP contribution in [0, 0.1) is 5.82 Å². The van der Waals surface area contributed by atoms with E-state index in [0.29, 0.717) is 35.1 Å². The average Bonchev–Trinajstić information content (AvgIpc) is 3.24. The Morgan fingerprint density at radius 3 is 2.70 bits per heavy atom. The fourth-order valence-corrected chi connectivity index (χ4v) is 4.76. The summed E-state index contributed by atoms with van der Waals surface area (Å²) in [6.07, 6.45) is 2.19. The molecule has 170 valence electrons. The van der Waals surface area contributed by atoms with Crippen molar-refractivity contribution >= 4 is 28.8 Å². The molecule has 0 saturated heterocycles. The maximum absolute atomic E-state index is 14.9. The number of esters is 1. The second kappa shape index (κ2) is 9.99. The van der Waals surface area contributed by atoms with Gasteiger partial charge in [-0.25, -0.2) is 14.2 Å². The van der Waals surface area contributed by atoms with Crippen LogP contribution >= 0.6 is 11.8 Å². The lowest BCUT2D eigenvalue weighted by Gasteiger charge is -2.36. The summed E-state index contributed by atoms with van der Waals surface area (Å²) in [6, 6.07) is 11.0. The number of aromatic nitrogens is 1. The summed E-state index contributed by atoms with van der Waals surface area (Å²) in [5.41, 5.74) is 2.51. The number of methoxy groups -OCH3 is 1. The number of hydrogen-bond acceptors (Lipinski definition) is 7. The Hall–Kier alpha value is -3.46. The van der Waals surface area contributed by atoms with Crippen LogP contribution in [0.1, 0.15) is 37.1 Å². The van der Waals surface area contributed by atoms with Crippen LogP contribution < -0.4 is 5.32 Å².